The summed E-state index contributed by atoms with van der Waals surface area (Å²) in [6.07, 6.45) is 5.13. The lowest BCUT2D eigenvalue weighted by atomic mass is 9.98. The number of rotatable bonds is 3. The lowest BCUT2D eigenvalue weighted by Crippen LogP contribution is -2.25. The third-order valence-corrected chi connectivity index (χ3v) is 2.30. The Hall–Kier alpha value is -1.09. The standard InChI is InChI=1S/C11H17FN2/c1-3-9(6-7-13)10-4-5-11(12)14-8(10)2/h3-5,11,14H,6-7,13H2,1-2H3/b9-3-. The van der Waals surface area contributed by atoms with Crippen LogP contribution in [0.15, 0.2) is 35.1 Å². The van der Waals surface area contributed by atoms with Gasteiger partial charge in [0.1, 0.15) is 0 Å². The Morgan fingerprint density at radius 1 is 1.71 bits per heavy atom. The molecule has 0 aromatic rings. The summed E-state index contributed by atoms with van der Waals surface area (Å²) in [4.78, 5) is 0. The number of alkyl halides is 1. The van der Waals surface area contributed by atoms with Crippen molar-refractivity contribution in [1.82, 2.24) is 5.32 Å². The maximum Gasteiger partial charge on any atom is 0.189 e. The van der Waals surface area contributed by atoms with Crippen LogP contribution in [0.2, 0.25) is 0 Å². The Morgan fingerprint density at radius 3 is 2.93 bits per heavy atom. The summed E-state index contributed by atoms with van der Waals surface area (Å²) in [6.45, 7) is 4.47. The second-order valence-electron chi connectivity index (χ2n) is 3.30. The van der Waals surface area contributed by atoms with E-state index in [0.717, 1.165) is 17.7 Å². The molecule has 0 amide bonds. The van der Waals surface area contributed by atoms with E-state index in [1.165, 1.54) is 11.6 Å². The molecule has 0 fully saturated rings. The smallest absolute Gasteiger partial charge is 0.189 e. The number of hydrogen-bond donors (Lipinski definition) is 2. The van der Waals surface area contributed by atoms with Gasteiger partial charge >= 0.3 is 0 Å². The molecule has 14 heavy (non-hydrogen) atoms. The number of nitrogens with one attached hydrogen (secondary N) is 1. The average molecular weight is 196 g/mol. The predicted octanol–water partition coefficient (Wildman–Crippen LogP) is 2.01. The highest BCUT2D eigenvalue weighted by molar-refractivity contribution is 5.44. The zero-order valence-electron chi connectivity index (χ0n) is 8.68. The number of dihydropyridines is 1. The Kier molecular flexibility index (Phi) is 3.89. The number of allylic oxidation sites excluding steroid dienone is 4. The quantitative estimate of drug-likeness (QED) is 0.678. The fourth-order valence-electron chi connectivity index (χ4n) is 1.58. The molecule has 2 nitrogen and oxygen atoms in total. The van der Waals surface area contributed by atoms with Gasteiger partial charge in [-0.25, -0.2) is 4.39 Å². The van der Waals surface area contributed by atoms with Gasteiger partial charge in [-0.2, -0.15) is 0 Å². The van der Waals surface area contributed by atoms with Gasteiger partial charge in [0.05, 0.1) is 0 Å². The van der Waals surface area contributed by atoms with Crippen molar-refractivity contribution in [2.24, 2.45) is 5.73 Å². The SMILES string of the molecule is C/C=C(/CCN)C1=C(C)NC(F)C=C1. The molecule has 0 aliphatic carbocycles. The van der Waals surface area contributed by atoms with Gasteiger partial charge in [-0.3, -0.25) is 0 Å². The first-order chi connectivity index (χ1) is 6.69. The fraction of sp³-hybridized carbons (Fsp3) is 0.455. The van der Waals surface area contributed by atoms with Gasteiger partial charge < -0.3 is 11.1 Å². The monoisotopic (exact) mass is 196 g/mol. The summed E-state index contributed by atoms with van der Waals surface area (Å²) in [6, 6.07) is 0. The van der Waals surface area contributed by atoms with Gasteiger partial charge in [0, 0.05) is 5.70 Å². The van der Waals surface area contributed by atoms with E-state index >= 15 is 0 Å². The molecule has 0 aromatic heterocycles. The molecule has 0 spiro atoms. The third-order valence-electron chi connectivity index (χ3n) is 2.30. The van der Waals surface area contributed by atoms with E-state index in [-0.39, 0.29) is 0 Å². The zero-order chi connectivity index (χ0) is 10.6. The van der Waals surface area contributed by atoms with Crippen molar-refractivity contribution >= 4 is 0 Å². The summed E-state index contributed by atoms with van der Waals surface area (Å²) in [5.74, 6) is 0. The van der Waals surface area contributed by atoms with Gasteiger partial charge in [0.15, 0.2) is 6.30 Å². The van der Waals surface area contributed by atoms with Crippen LogP contribution in [0.25, 0.3) is 0 Å². The minimum atomic E-state index is -1.06. The highest BCUT2D eigenvalue weighted by Crippen LogP contribution is 2.21. The first kappa shape index (κ1) is 11.0. The van der Waals surface area contributed by atoms with Crippen LogP contribution in [-0.4, -0.2) is 12.8 Å². The second kappa shape index (κ2) is 4.96. The molecule has 3 N–H and O–H groups in total. The highest BCUT2D eigenvalue weighted by atomic mass is 19.1. The normalized spacial score (nSPS) is 22.6. The van der Waals surface area contributed by atoms with Crippen LogP contribution in [0.1, 0.15) is 20.3 Å². The van der Waals surface area contributed by atoms with Crippen molar-refractivity contribution in [3.63, 3.8) is 0 Å². The van der Waals surface area contributed by atoms with Crippen molar-refractivity contribution in [2.75, 3.05) is 6.54 Å². The van der Waals surface area contributed by atoms with Crippen molar-refractivity contribution < 1.29 is 4.39 Å². The van der Waals surface area contributed by atoms with E-state index in [9.17, 15) is 4.39 Å². The van der Waals surface area contributed by atoms with Crippen LogP contribution in [0.4, 0.5) is 4.39 Å². The Balaban J connectivity index is 2.86. The van der Waals surface area contributed by atoms with E-state index in [1.54, 1.807) is 0 Å². The van der Waals surface area contributed by atoms with Gasteiger partial charge in [0.2, 0.25) is 0 Å². The molecule has 0 aromatic carbocycles. The van der Waals surface area contributed by atoms with Gasteiger partial charge in [0.25, 0.3) is 0 Å². The summed E-state index contributed by atoms with van der Waals surface area (Å²) >= 11 is 0. The van der Waals surface area contributed by atoms with Crippen LogP contribution >= 0.6 is 0 Å². The van der Waals surface area contributed by atoms with Gasteiger partial charge in [-0.1, -0.05) is 12.2 Å². The maximum atomic E-state index is 12.9. The first-order valence-corrected chi connectivity index (χ1v) is 4.84. The molecular formula is C11H17FN2. The molecular weight excluding hydrogens is 179 g/mol. The lowest BCUT2D eigenvalue weighted by molar-refractivity contribution is 0.354. The van der Waals surface area contributed by atoms with Gasteiger partial charge in [-0.05, 0) is 44.0 Å². The van der Waals surface area contributed by atoms with Crippen LogP contribution in [0.5, 0.6) is 0 Å². The second-order valence-corrected chi connectivity index (χ2v) is 3.30. The number of nitrogens with two attached hydrogens (primary N) is 1. The van der Waals surface area contributed by atoms with Crippen LogP contribution in [-0.2, 0) is 0 Å². The molecule has 0 bridgehead atoms. The molecule has 1 rings (SSSR count). The highest BCUT2D eigenvalue weighted by Gasteiger charge is 2.12. The molecule has 1 aliphatic rings. The Labute approximate surface area is 84.4 Å². The lowest BCUT2D eigenvalue weighted by Gasteiger charge is -2.19. The Bertz CT molecular complexity index is 290. The molecule has 1 unspecified atom stereocenters. The van der Waals surface area contributed by atoms with Crippen molar-refractivity contribution in [2.45, 2.75) is 26.6 Å². The summed E-state index contributed by atoms with van der Waals surface area (Å²) in [5.41, 5.74) is 8.61. The fourth-order valence-corrected chi connectivity index (χ4v) is 1.58. The molecule has 0 saturated heterocycles. The zero-order valence-corrected chi connectivity index (χ0v) is 8.68. The van der Waals surface area contributed by atoms with Crippen molar-refractivity contribution in [3.05, 3.63) is 35.1 Å². The van der Waals surface area contributed by atoms with Crippen LogP contribution < -0.4 is 11.1 Å². The number of hydrogen-bond acceptors (Lipinski definition) is 2. The van der Waals surface area contributed by atoms with Gasteiger partial charge in [-0.15, -0.1) is 0 Å². The first-order valence-electron chi connectivity index (χ1n) is 4.84. The van der Waals surface area contributed by atoms with Crippen LogP contribution in [0, 0.1) is 0 Å². The van der Waals surface area contributed by atoms with Crippen LogP contribution in [0.3, 0.4) is 0 Å². The molecule has 3 heteroatoms. The van der Waals surface area contributed by atoms with E-state index in [2.05, 4.69) is 5.32 Å². The minimum absolute atomic E-state index is 0.614. The van der Waals surface area contributed by atoms with E-state index in [4.69, 9.17) is 5.73 Å². The van der Waals surface area contributed by atoms with E-state index < -0.39 is 6.30 Å². The van der Waals surface area contributed by atoms with E-state index in [1.807, 2.05) is 26.0 Å². The molecule has 1 atom stereocenters. The summed E-state index contributed by atoms with van der Waals surface area (Å²) in [7, 11) is 0. The van der Waals surface area contributed by atoms with E-state index in [0.29, 0.717) is 6.54 Å². The topological polar surface area (TPSA) is 38.0 Å². The third kappa shape index (κ3) is 2.45. The molecule has 1 heterocycles. The molecule has 0 saturated carbocycles. The average Bonchev–Trinajstić information content (AvgIpc) is 2.15. The maximum absolute atomic E-state index is 12.9. The molecule has 78 valence electrons. The summed E-state index contributed by atoms with van der Waals surface area (Å²) < 4.78 is 12.9. The largest absolute Gasteiger partial charge is 0.356 e. The Morgan fingerprint density at radius 2 is 2.43 bits per heavy atom. The predicted molar refractivity (Wildman–Crippen MR) is 57.3 cm³/mol. The summed E-state index contributed by atoms with van der Waals surface area (Å²) in [5, 5.41) is 2.75. The van der Waals surface area contributed by atoms with Crippen molar-refractivity contribution in [3.8, 4) is 0 Å². The van der Waals surface area contributed by atoms with Crippen molar-refractivity contribution in [1.29, 1.82) is 0 Å². The number of halogens is 1. The minimum Gasteiger partial charge on any atom is -0.356 e. The molecule has 0 radical (unpaired) electrons. The molecule has 1 aliphatic heterocycles.